The van der Waals surface area contributed by atoms with Crippen LogP contribution in [0.5, 0.6) is 0 Å². The van der Waals surface area contributed by atoms with Crippen molar-refractivity contribution in [3.8, 4) is 10.4 Å². The fourth-order valence-electron chi connectivity index (χ4n) is 1.73. The van der Waals surface area contributed by atoms with Crippen molar-refractivity contribution in [2.24, 2.45) is 0 Å². The molecule has 0 radical (unpaired) electrons. The first-order valence-corrected chi connectivity index (χ1v) is 6.09. The first kappa shape index (κ1) is 10.9. The standard InChI is InChI=1S/C13H8N2O2S/c16-13(17)10-5-8(1-4-15-10)12-6-9-7-14-3-2-11(9)18-12/h1-7H,(H,16,17). The van der Waals surface area contributed by atoms with Crippen LogP contribution in [0.15, 0.2) is 42.9 Å². The Bertz CT molecular complexity index is 703. The Hall–Kier alpha value is -2.27. The number of fused-ring (bicyclic) bond motifs is 1. The van der Waals surface area contributed by atoms with E-state index in [0.29, 0.717) is 0 Å². The maximum atomic E-state index is 10.9. The highest BCUT2D eigenvalue weighted by Crippen LogP contribution is 2.32. The first-order valence-electron chi connectivity index (χ1n) is 5.27. The molecule has 0 spiro atoms. The largest absolute Gasteiger partial charge is 0.477 e. The Balaban J connectivity index is 2.13. The van der Waals surface area contributed by atoms with E-state index < -0.39 is 5.97 Å². The van der Waals surface area contributed by atoms with Gasteiger partial charge in [0.05, 0.1) is 0 Å². The lowest BCUT2D eigenvalue weighted by atomic mass is 10.2. The molecule has 3 aromatic rings. The van der Waals surface area contributed by atoms with E-state index in [2.05, 4.69) is 9.97 Å². The van der Waals surface area contributed by atoms with Crippen LogP contribution < -0.4 is 0 Å². The minimum atomic E-state index is -1.01. The van der Waals surface area contributed by atoms with Gasteiger partial charge in [-0.2, -0.15) is 0 Å². The van der Waals surface area contributed by atoms with Gasteiger partial charge in [0, 0.05) is 33.6 Å². The van der Waals surface area contributed by atoms with Gasteiger partial charge in [-0.05, 0) is 29.8 Å². The Kier molecular flexibility index (Phi) is 2.53. The normalized spacial score (nSPS) is 10.7. The predicted molar refractivity (Wildman–Crippen MR) is 69.8 cm³/mol. The highest BCUT2D eigenvalue weighted by atomic mass is 32.1. The zero-order valence-electron chi connectivity index (χ0n) is 9.20. The van der Waals surface area contributed by atoms with Crippen LogP contribution in [-0.4, -0.2) is 21.0 Å². The lowest BCUT2D eigenvalue weighted by molar-refractivity contribution is 0.0690. The van der Waals surface area contributed by atoms with Crippen LogP contribution in [0.1, 0.15) is 10.5 Å². The Morgan fingerprint density at radius 1 is 1.22 bits per heavy atom. The number of aromatic carboxylic acids is 1. The minimum absolute atomic E-state index is 0.0584. The summed E-state index contributed by atoms with van der Waals surface area (Å²) in [5.41, 5.74) is 0.923. The number of carbonyl (C=O) groups is 1. The second kappa shape index (κ2) is 4.19. The van der Waals surface area contributed by atoms with Gasteiger partial charge in [-0.1, -0.05) is 0 Å². The van der Waals surface area contributed by atoms with E-state index in [1.807, 2.05) is 18.2 Å². The maximum absolute atomic E-state index is 10.9. The summed E-state index contributed by atoms with van der Waals surface area (Å²) in [4.78, 5) is 19.8. The average Bonchev–Trinajstić information content (AvgIpc) is 2.82. The molecule has 0 saturated heterocycles. The maximum Gasteiger partial charge on any atom is 0.354 e. The third kappa shape index (κ3) is 1.84. The number of rotatable bonds is 2. The molecule has 0 aliphatic carbocycles. The van der Waals surface area contributed by atoms with Crippen molar-refractivity contribution in [1.29, 1.82) is 0 Å². The summed E-state index contributed by atoms with van der Waals surface area (Å²) >= 11 is 1.61. The molecule has 0 bridgehead atoms. The third-order valence-electron chi connectivity index (χ3n) is 2.58. The zero-order chi connectivity index (χ0) is 12.5. The molecule has 0 fully saturated rings. The first-order chi connectivity index (χ1) is 8.74. The summed E-state index contributed by atoms with van der Waals surface area (Å²) in [7, 11) is 0. The smallest absolute Gasteiger partial charge is 0.354 e. The van der Waals surface area contributed by atoms with Crippen LogP contribution in [0.25, 0.3) is 20.5 Å². The number of thiophene rings is 1. The number of hydrogen-bond donors (Lipinski definition) is 1. The van der Waals surface area contributed by atoms with Crippen LogP contribution in [-0.2, 0) is 0 Å². The van der Waals surface area contributed by atoms with Crippen LogP contribution in [0.3, 0.4) is 0 Å². The molecule has 5 heteroatoms. The summed E-state index contributed by atoms with van der Waals surface area (Å²) in [5.74, 6) is -1.01. The Morgan fingerprint density at radius 3 is 2.89 bits per heavy atom. The highest BCUT2D eigenvalue weighted by molar-refractivity contribution is 7.22. The summed E-state index contributed by atoms with van der Waals surface area (Å²) in [5, 5.41) is 9.99. The highest BCUT2D eigenvalue weighted by Gasteiger charge is 2.08. The van der Waals surface area contributed by atoms with Crippen LogP contribution >= 0.6 is 11.3 Å². The molecule has 4 nitrogen and oxygen atoms in total. The molecule has 3 aromatic heterocycles. The van der Waals surface area contributed by atoms with Gasteiger partial charge in [0.2, 0.25) is 0 Å². The Morgan fingerprint density at radius 2 is 2.11 bits per heavy atom. The van der Waals surface area contributed by atoms with Gasteiger partial charge in [0.15, 0.2) is 0 Å². The van der Waals surface area contributed by atoms with E-state index in [1.54, 1.807) is 29.8 Å². The fourth-order valence-corrected chi connectivity index (χ4v) is 2.75. The molecule has 0 amide bonds. The van der Waals surface area contributed by atoms with Gasteiger partial charge in [-0.3, -0.25) is 4.98 Å². The number of nitrogens with zero attached hydrogens (tertiary/aromatic N) is 2. The number of carboxylic acids is 1. The lowest BCUT2D eigenvalue weighted by Gasteiger charge is -1.98. The van der Waals surface area contributed by atoms with Crippen LogP contribution in [0.4, 0.5) is 0 Å². The molecule has 1 N–H and O–H groups in total. The van der Waals surface area contributed by atoms with Gasteiger partial charge >= 0.3 is 5.97 Å². The predicted octanol–water partition coefficient (Wildman–Crippen LogP) is 3.06. The van der Waals surface area contributed by atoms with Crippen LogP contribution in [0.2, 0.25) is 0 Å². The summed E-state index contributed by atoms with van der Waals surface area (Å²) in [6.07, 6.45) is 5.06. The SMILES string of the molecule is O=C(O)c1cc(-c2cc3cnccc3s2)ccn1. The second-order valence-electron chi connectivity index (χ2n) is 3.76. The summed E-state index contributed by atoms with van der Waals surface area (Å²) < 4.78 is 1.13. The van der Waals surface area contributed by atoms with Crippen molar-refractivity contribution in [3.05, 3.63) is 48.5 Å². The molecule has 0 unspecified atom stereocenters. The molecule has 0 aliphatic heterocycles. The Labute approximate surface area is 107 Å². The van der Waals surface area contributed by atoms with Gasteiger partial charge in [0.25, 0.3) is 0 Å². The lowest BCUT2D eigenvalue weighted by Crippen LogP contribution is -1.99. The van der Waals surface area contributed by atoms with E-state index in [0.717, 1.165) is 20.5 Å². The quantitative estimate of drug-likeness (QED) is 0.765. The van der Waals surface area contributed by atoms with Gasteiger partial charge in [-0.25, -0.2) is 9.78 Å². The second-order valence-corrected chi connectivity index (χ2v) is 4.84. The van der Waals surface area contributed by atoms with Crippen molar-refractivity contribution in [2.45, 2.75) is 0 Å². The summed E-state index contributed by atoms with van der Waals surface area (Å²) in [6, 6.07) is 7.35. The van der Waals surface area contributed by atoms with Crippen LogP contribution in [0, 0.1) is 0 Å². The van der Waals surface area contributed by atoms with E-state index >= 15 is 0 Å². The molecule has 18 heavy (non-hydrogen) atoms. The minimum Gasteiger partial charge on any atom is -0.477 e. The topological polar surface area (TPSA) is 63.1 Å². The molecule has 0 aromatic carbocycles. The van der Waals surface area contributed by atoms with E-state index in [1.165, 1.54) is 6.20 Å². The number of carboxylic acid groups (broad SMARTS) is 1. The molecule has 3 heterocycles. The van der Waals surface area contributed by atoms with Gasteiger partial charge in [0.1, 0.15) is 5.69 Å². The van der Waals surface area contributed by atoms with Crippen molar-refractivity contribution in [2.75, 3.05) is 0 Å². The van der Waals surface area contributed by atoms with Gasteiger partial charge in [-0.15, -0.1) is 11.3 Å². The molecule has 0 aliphatic rings. The fraction of sp³-hybridized carbons (Fsp3) is 0. The molecule has 0 saturated carbocycles. The number of pyridine rings is 2. The molecular weight excluding hydrogens is 248 g/mol. The van der Waals surface area contributed by atoms with Gasteiger partial charge < -0.3 is 5.11 Å². The van der Waals surface area contributed by atoms with E-state index in [4.69, 9.17) is 5.11 Å². The molecule has 3 rings (SSSR count). The van der Waals surface area contributed by atoms with E-state index in [9.17, 15) is 4.79 Å². The van der Waals surface area contributed by atoms with Crippen molar-refractivity contribution < 1.29 is 9.90 Å². The van der Waals surface area contributed by atoms with Crippen molar-refractivity contribution in [1.82, 2.24) is 9.97 Å². The third-order valence-corrected chi connectivity index (χ3v) is 3.75. The molecule has 0 atom stereocenters. The summed E-state index contributed by atoms with van der Waals surface area (Å²) in [6.45, 7) is 0. The average molecular weight is 256 g/mol. The van der Waals surface area contributed by atoms with E-state index in [-0.39, 0.29) is 5.69 Å². The number of hydrogen-bond acceptors (Lipinski definition) is 4. The molecular formula is C13H8N2O2S. The molecule has 88 valence electrons. The number of aromatic nitrogens is 2. The van der Waals surface area contributed by atoms with Crippen molar-refractivity contribution >= 4 is 27.4 Å². The monoisotopic (exact) mass is 256 g/mol. The zero-order valence-corrected chi connectivity index (χ0v) is 10.0. The van der Waals surface area contributed by atoms with Crippen molar-refractivity contribution in [3.63, 3.8) is 0 Å².